The van der Waals surface area contributed by atoms with Crippen molar-refractivity contribution >= 4 is 17.4 Å². The molecule has 2 aliphatic rings. The van der Waals surface area contributed by atoms with Crippen LogP contribution in [-0.2, 0) is 15.8 Å². The number of rotatable bonds is 2. The van der Waals surface area contributed by atoms with Gasteiger partial charge in [-0.05, 0) is 42.7 Å². The number of alkyl halides is 3. The molecular weight excluding hydrogens is 367 g/mol. The van der Waals surface area contributed by atoms with Gasteiger partial charge in [-0.2, -0.15) is 13.2 Å². The van der Waals surface area contributed by atoms with Crippen molar-refractivity contribution in [2.24, 2.45) is 0 Å². The highest BCUT2D eigenvalue weighted by atomic mass is 19.4. The zero-order valence-electron chi connectivity index (χ0n) is 15.0. The lowest BCUT2D eigenvalue weighted by molar-refractivity contribution is -0.137. The summed E-state index contributed by atoms with van der Waals surface area (Å²) < 4.78 is 38.6. The summed E-state index contributed by atoms with van der Waals surface area (Å²) >= 11 is 0. The molecule has 0 fully saturated rings. The van der Waals surface area contributed by atoms with Crippen LogP contribution in [0.5, 0.6) is 0 Å². The van der Waals surface area contributed by atoms with Gasteiger partial charge >= 0.3 is 6.18 Å². The summed E-state index contributed by atoms with van der Waals surface area (Å²) in [6.45, 7) is 0. The van der Waals surface area contributed by atoms with Gasteiger partial charge in [-0.25, -0.2) is 0 Å². The van der Waals surface area contributed by atoms with Crippen molar-refractivity contribution in [2.75, 3.05) is 4.90 Å². The molecule has 1 aliphatic heterocycles. The summed E-state index contributed by atoms with van der Waals surface area (Å²) in [5.41, 5.74) is 1.76. The number of benzene rings is 2. The first-order valence-electron chi connectivity index (χ1n) is 9.17. The highest BCUT2D eigenvalue weighted by Gasteiger charge is 2.40. The van der Waals surface area contributed by atoms with Crippen LogP contribution in [0.1, 0.15) is 42.7 Å². The van der Waals surface area contributed by atoms with Crippen LogP contribution in [0.25, 0.3) is 0 Å². The van der Waals surface area contributed by atoms with E-state index in [0.29, 0.717) is 36.2 Å². The normalized spacial score (nSPS) is 20.4. The van der Waals surface area contributed by atoms with Crippen molar-refractivity contribution in [2.45, 2.75) is 37.8 Å². The smallest absolute Gasteiger partial charge is 0.294 e. The third-order valence-electron chi connectivity index (χ3n) is 5.33. The molecule has 0 spiro atoms. The molecule has 2 aromatic carbocycles. The molecule has 2 aromatic rings. The van der Waals surface area contributed by atoms with Crippen LogP contribution in [0.4, 0.5) is 18.9 Å². The Labute approximate surface area is 160 Å². The lowest BCUT2D eigenvalue weighted by Crippen LogP contribution is -2.40. The number of carbonyl (C=O) groups excluding carboxylic acids is 2. The average Bonchev–Trinajstić information content (AvgIpc) is 2.68. The molecular formula is C22H18F3NO2. The van der Waals surface area contributed by atoms with Crippen LogP contribution in [0.3, 0.4) is 0 Å². The van der Waals surface area contributed by atoms with E-state index in [9.17, 15) is 22.8 Å². The van der Waals surface area contributed by atoms with Gasteiger partial charge in [0, 0.05) is 35.7 Å². The van der Waals surface area contributed by atoms with E-state index in [2.05, 4.69) is 0 Å². The third kappa shape index (κ3) is 3.23. The number of ketones is 1. The lowest BCUT2D eigenvalue weighted by atomic mass is 9.77. The molecule has 28 heavy (non-hydrogen) atoms. The number of halogens is 3. The predicted molar refractivity (Wildman–Crippen MR) is 98.6 cm³/mol. The monoisotopic (exact) mass is 385 g/mol. The fourth-order valence-electron chi connectivity index (χ4n) is 4.06. The second-order valence-corrected chi connectivity index (χ2v) is 7.08. The summed E-state index contributed by atoms with van der Waals surface area (Å²) in [7, 11) is 0. The van der Waals surface area contributed by atoms with Crippen LogP contribution in [0.2, 0.25) is 0 Å². The minimum absolute atomic E-state index is 0.0134. The van der Waals surface area contributed by atoms with E-state index in [1.807, 2.05) is 30.3 Å². The molecule has 144 valence electrons. The van der Waals surface area contributed by atoms with Crippen LogP contribution < -0.4 is 4.90 Å². The van der Waals surface area contributed by atoms with E-state index in [-0.39, 0.29) is 24.0 Å². The van der Waals surface area contributed by atoms with Crippen molar-refractivity contribution in [1.82, 2.24) is 0 Å². The summed E-state index contributed by atoms with van der Waals surface area (Å²) in [6, 6.07) is 14.0. The van der Waals surface area contributed by atoms with E-state index in [1.165, 1.54) is 17.0 Å². The van der Waals surface area contributed by atoms with Gasteiger partial charge in [-0.15, -0.1) is 0 Å². The maximum Gasteiger partial charge on any atom is 0.416 e. The van der Waals surface area contributed by atoms with Crippen molar-refractivity contribution in [3.05, 3.63) is 77.0 Å². The Morgan fingerprint density at radius 2 is 1.57 bits per heavy atom. The van der Waals surface area contributed by atoms with E-state index < -0.39 is 11.7 Å². The zero-order valence-corrected chi connectivity index (χ0v) is 15.0. The number of allylic oxidation sites excluding steroid dienone is 2. The largest absolute Gasteiger partial charge is 0.416 e. The fraction of sp³-hybridized carbons (Fsp3) is 0.273. The molecule has 0 saturated carbocycles. The van der Waals surface area contributed by atoms with Gasteiger partial charge in [0.2, 0.25) is 5.91 Å². The minimum Gasteiger partial charge on any atom is -0.294 e. The van der Waals surface area contributed by atoms with Crippen LogP contribution >= 0.6 is 0 Å². The highest BCUT2D eigenvalue weighted by molar-refractivity contribution is 6.07. The minimum atomic E-state index is -4.44. The molecule has 1 unspecified atom stereocenters. The highest BCUT2D eigenvalue weighted by Crippen LogP contribution is 2.43. The van der Waals surface area contributed by atoms with Crippen molar-refractivity contribution in [3.63, 3.8) is 0 Å². The van der Waals surface area contributed by atoms with Gasteiger partial charge in [-0.1, -0.05) is 30.3 Å². The van der Waals surface area contributed by atoms with Gasteiger partial charge in [0.05, 0.1) is 5.56 Å². The maximum atomic E-state index is 13.0. The van der Waals surface area contributed by atoms with Crippen LogP contribution in [0, 0.1) is 0 Å². The van der Waals surface area contributed by atoms with E-state index in [4.69, 9.17) is 0 Å². The molecule has 0 saturated heterocycles. The van der Waals surface area contributed by atoms with E-state index in [0.717, 1.165) is 17.7 Å². The number of amides is 1. The molecule has 0 radical (unpaired) electrons. The number of hydrogen-bond acceptors (Lipinski definition) is 2. The quantitative estimate of drug-likeness (QED) is 0.710. The molecule has 0 bridgehead atoms. The molecule has 6 heteroatoms. The number of anilines is 1. The van der Waals surface area contributed by atoms with Gasteiger partial charge < -0.3 is 0 Å². The number of nitrogens with zero attached hydrogens (tertiary/aromatic N) is 1. The number of hydrogen-bond donors (Lipinski definition) is 0. The van der Waals surface area contributed by atoms with E-state index in [1.54, 1.807) is 0 Å². The number of Topliss-reactive ketones (excluding diaryl/α,β-unsaturated/α-hetero) is 1. The van der Waals surface area contributed by atoms with E-state index >= 15 is 0 Å². The first kappa shape index (κ1) is 18.5. The molecule has 0 aromatic heterocycles. The summed E-state index contributed by atoms with van der Waals surface area (Å²) in [4.78, 5) is 27.2. The van der Waals surface area contributed by atoms with Crippen molar-refractivity contribution in [3.8, 4) is 0 Å². The molecule has 1 heterocycles. The Hall–Kier alpha value is -2.89. The Morgan fingerprint density at radius 1 is 0.893 bits per heavy atom. The van der Waals surface area contributed by atoms with Crippen molar-refractivity contribution in [1.29, 1.82) is 0 Å². The molecule has 1 amide bonds. The van der Waals surface area contributed by atoms with Gasteiger partial charge in [-0.3, -0.25) is 14.5 Å². The average molecular weight is 385 g/mol. The topological polar surface area (TPSA) is 37.4 Å². The Bertz CT molecular complexity index is 946. The summed E-state index contributed by atoms with van der Waals surface area (Å²) in [5.74, 6) is -0.497. The first-order chi connectivity index (χ1) is 13.4. The molecule has 0 N–H and O–H groups in total. The SMILES string of the molecule is O=C1CCCC2=C1C(c1ccccc1)CC(=O)N2c1ccc(C(F)(F)F)cc1. The Morgan fingerprint density at radius 3 is 2.21 bits per heavy atom. The Balaban J connectivity index is 1.80. The molecule has 1 atom stereocenters. The van der Waals surface area contributed by atoms with Gasteiger partial charge in [0.15, 0.2) is 5.78 Å². The van der Waals surface area contributed by atoms with Crippen molar-refractivity contribution < 1.29 is 22.8 Å². The first-order valence-corrected chi connectivity index (χ1v) is 9.17. The molecule has 1 aliphatic carbocycles. The standard InChI is InChI=1S/C22H18F3NO2/c23-22(24,25)15-9-11-16(12-10-15)26-18-7-4-8-19(27)21(18)17(13-20(26)28)14-5-2-1-3-6-14/h1-3,5-6,9-12,17H,4,7-8,13H2. The Kier molecular flexibility index (Phi) is 4.57. The summed E-state index contributed by atoms with van der Waals surface area (Å²) in [5, 5.41) is 0. The zero-order chi connectivity index (χ0) is 19.9. The fourth-order valence-corrected chi connectivity index (χ4v) is 4.06. The molecule has 3 nitrogen and oxygen atoms in total. The van der Waals surface area contributed by atoms with Crippen LogP contribution in [-0.4, -0.2) is 11.7 Å². The maximum absolute atomic E-state index is 13.0. The third-order valence-corrected chi connectivity index (χ3v) is 5.33. The number of carbonyl (C=O) groups is 2. The lowest BCUT2D eigenvalue weighted by Gasteiger charge is -2.38. The summed E-state index contributed by atoms with van der Waals surface area (Å²) in [6.07, 6.45) is -2.71. The van der Waals surface area contributed by atoms with Gasteiger partial charge in [0.1, 0.15) is 0 Å². The molecule has 4 rings (SSSR count). The second-order valence-electron chi connectivity index (χ2n) is 7.08. The second kappa shape index (κ2) is 6.93. The van der Waals surface area contributed by atoms with Gasteiger partial charge in [0.25, 0.3) is 0 Å². The predicted octanol–water partition coefficient (Wildman–Crippen LogP) is 5.23. The van der Waals surface area contributed by atoms with Crippen LogP contribution in [0.15, 0.2) is 65.9 Å².